The molecular weight excluding hydrogens is 224 g/mol. The zero-order chi connectivity index (χ0) is 12.4. The second-order valence-electron chi connectivity index (χ2n) is 5.30. The Bertz CT molecular complexity index is 440. The maximum atomic E-state index is 8.13. The van der Waals surface area contributed by atoms with E-state index in [4.69, 9.17) is 10.1 Å². The molecular formula is C15H20N2O. The minimum absolute atomic E-state index is 0.674. The van der Waals surface area contributed by atoms with Gasteiger partial charge in [-0.25, -0.2) is 0 Å². The molecule has 3 heteroatoms. The van der Waals surface area contributed by atoms with Crippen molar-refractivity contribution in [2.24, 2.45) is 5.92 Å². The van der Waals surface area contributed by atoms with E-state index in [1.165, 1.54) is 18.4 Å². The highest BCUT2D eigenvalue weighted by Crippen LogP contribution is 2.28. The summed E-state index contributed by atoms with van der Waals surface area (Å²) < 4.78 is 5.63. The number of amidine groups is 1. The molecule has 0 radical (unpaired) electrons. The van der Waals surface area contributed by atoms with Crippen LogP contribution in [0.3, 0.4) is 0 Å². The van der Waals surface area contributed by atoms with Gasteiger partial charge in [0.25, 0.3) is 0 Å². The molecule has 0 bridgehead atoms. The number of nitrogens with one attached hydrogen (secondary N) is 1. The maximum absolute atomic E-state index is 8.13. The lowest BCUT2D eigenvalue weighted by Gasteiger charge is -2.17. The molecule has 0 spiro atoms. The van der Waals surface area contributed by atoms with Crippen LogP contribution in [-0.2, 0) is 11.3 Å². The quantitative estimate of drug-likeness (QED) is 0.781. The van der Waals surface area contributed by atoms with Crippen molar-refractivity contribution in [3.63, 3.8) is 0 Å². The SMILES string of the molecule is N=C1c2ccccc2CN1CCCOCC1CC1. The summed E-state index contributed by atoms with van der Waals surface area (Å²) in [4.78, 5) is 2.14. The van der Waals surface area contributed by atoms with Gasteiger partial charge in [-0.3, -0.25) is 5.41 Å². The molecule has 0 amide bonds. The summed E-state index contributed by atoms with van der Waals surface area (Å²) in [5, 5.41) is 8.13. The Morgan fingerprint density at radius 3 is 2.89 bits per heavy atom. The lowest BCUT2D eigenvalue weighted by molar-refractivity contribution is 0.117. The van der Waals surface area contributed by atoms with Crippen LogP contribution in [0.1, 0.15) is 30.4 Å². The molecule has 2 aliphatic rings. The summed E-state index contributed by atoms with van der Waals surface area (Å²) >= 11 is 0. The Hall–Kier alpha value is -1.35. The van der Waals surface area contributed by atoms with Gasteiger partial charge >= 0.3 is 0 Å². The van der Waals surface area contributed by atoms with Crippen LogP contribution in [0.5, 0.6) is 0 Å². The largest absolute Gasteiger partial charge is 0.381 e. The predicted molar refractivity (Wildman–Crippen MR) is 71.8 cm³/mol. The number of ether oxygens (including phenoxy) is 1. The molecule has 0 atom stereocenters. The van der Waals surface area contributed by atoms with Crippen LogP contribution in [0, 0.1) is 11.3 Å². The molecule has 1 aromatic rings. The predicted octanol–water partition coefficient (Wildman–Crippen LogP) is 2.64. The average molecular weight is 244 g/mol. The van der Waals surface area contributed by atoms with Crippen LogP contribution in [0.4, 0.5) is 0 Å². The van der Waals surface area contributed by atoms with Crippen molar-refractivity contribution in [2.45, 2.75) is 25.8 Å². The topological polar surface area (TPSA) is 36.3 Å². The fourth-order valence-electron chi connectivity index (χ4n) is 2.43. The second kappa shape index (κ2) is 5.11. The van der Waals surface area contributed by atoms with E-state index in [0.717, 1.165) is 44.2 Å². The van der Waals surface area contributed by atoms with Crippen LogP contribution in [0.15, 0.2) is 24.3 Å². The van der Waals surface area contributed by atoms with Gasteiger partial charge in [0.05, 0.1) is 0 Å². The van der Waals surface area contributed by atoms with E-state index in [2.05, 4.69) is 11.0 Å². The summed E-state index contributed by atoms with van der Waals surface area (Å²) in [6, 6.07) is 8.22. The van der Waals surface area contributed by atoms with Gasteiger partial charge in [-0.2, -0.15) is 0 Å². The summed E-state index contributed by atoms with van der Waals surface area (Å²) in [7, 11) is 0. The summed E-state index contributed by atoms with van der Waals surface area (Å²) in [6.07, 6.45) is 3.72. The lowest BCUT2D eigenvalue weighted by atomic mass is 10.1. The molecule has 1 saturated carbocycles. The van der Waals surface area contributed by atoms with Crippen LogP contribution < -0.4 is 0 Å². The standard InChI is InChI=1S/C15H20N2O/c16-15-14-5-2-1-4-13(14)10-17(15)8-3-9-18-11-12-6-7-12/h1-2,4-5,12,16H,3,6-11H2. The average Bonchev–Trinajstić information content (AvgIpc) is 3.16. The third-order valence-corrected chi connectivity index (χ3v) is 3.72. The third kappa shape index (κ3) is 2.56. The highest BCUT2D eigenvalue weighted by atomic mass is 16.5. The second-order valence-corrected chi connectivity index (χ2v) is 5.30. The van der Waals surface area contributed by atoms with Crippen LogP contribution >= 0.6 is 0 Å². The Kier molecular flexibility index (Phi) is 3.33. The molecule has 1 aromatic carbocycles. The molecule has 3 rings (SSSR count). The van der Waals surface area contributed by atoms with E-state index in [-0.39, 0.29) is 0 Å². The molecule has 3 nitrogen and oxygen atoms in total. The van der Waals surface area contributed by atoms with Crippen LogP contribution in [0.25, 0.3) is 0 Å². The Morgan fingerprint density at radius 2 is 2.11 bits per heavy atom. The van der Waals surface area contributed by atoms with Crippen molar-refractivity contribution in [3.05, 3.63) is 35.4 Å². The number of nitrogens with zero attached hydrogens (tertiary/aromatic N) is 1. The van der Waals surface area contributed by atoms with Crippen molar-refractivity contribution in [2.75, 3.05) is 19.8 Å². The highest BCUT2D eigenvalue weighted by molar-refractivity contribution is 6.00. The van der Waals surface area contributed by atoms with Gasteiger partial charge in [0.15, 0.2) is 0 Å². The van der Waals surface area contributed by atoms with E-state index in [9.17, 15) is 0 Å². The number of fused-ring (bicyclic) bond motifs is 1. The number of benzene rings is 1. The van der Waals surface area contributed by atoms with E-state index < -0.39 is 0 Å². The molecule has 1 aliphatic carbocycles. The molecule has 96 valence electrons. The van der Waals surface area contributed by atoms with Crippen molar-refractivity contribution >= 4 is 5.84 Å². The molecule has 1 N–H and O–H groups in total. The normalized spacial score (nSPS) is 18.2. The Balaban J connectivity index is 1.43. The van der Waals surface area contributed by atoms with Crippen molar-refractivity contribution in [1.82, 2.24) is 4.90 Å². The Labute approximate surface area is 108 Å². The van der Waals surface area contributed by atoms with E-state index >= 15 is 0 Å². The third-order valence-electron chi connectivity index (χ3n) is 3.72. The number of hydrogen-bond donors (Lipinski definition) is 1. The molecule has 0 aromatic heterocycles. The van der Waals surface area contributed by atoms with Gasteiger partial charge in [-0.05, 0) is 30.7 Å². The molecule has 1 aliphatic heterocycles. The Morgan fingerprint density at radius 1 is 1.28 bits per heavy atom. The monoisotopic (exact) mass is 244 g/mol. The molecule has 18 heavy (non-hydrogen) atoms. The number of hydrogen-bond acceptors (Lipinski definition) is 2. The van der Waals surface area contributed by atoms with Crippen molar-refractivity contribution in [1.29, 1.82) is 5.41 Å². The zero-order valence-electron chi connectivity index (χ0n) is 10.7. The first kappa shape index (κ1) is 11.7. The highest BCUT2D eigenvalue weighted by Gasteiger charge is 2.23. The smallest absolute Gasteiger partial charge is 0.128 e. The minimum atomic E-state index is 0.674. The summed E-state index contributed by atoms with van der Waals surface area (Å²) in [5.41, 5.74) is 2.37. The van der Waals surface area contributed by atoms with Gasteiger partial charge < -0.3 is 9.64 Å². The zero-order valence-corrected chi connectivity index (χ0v) is 10.7. The number of rotatable bonds is 6. The van der Waals surface area contributed by atoms with Gasteiger partial charge in [0.1, 0.15) is 5.84 Å². The molecule has 1 fully saturated rings. The lowest BCUT2D eigenvalue weighted by Crippen LogP contribution is -2.25. The fraction of sp³-hybridized carbons (Fsp3) is 0.533. The van der Waals surface area contributed by atoms with Gasteiger partial charge in [-0.15, -0.1) is 0 Å². The minimum Gasteiger partial charge on any atom is -0.381 e. The van der Waals surface area contributed by atoms with E-state index in [1.807, 2.05) is 18.2 Å². The van der Waals surface area contributed by atoms with Crippen LogP contribution in [-0.4, -0.2) is 30.5 Å². The molecule has 0 saturated heterocycles. The first-order valence-electron chi connectivity index (χ1n) is 6.84. The van der Waals surface area contributed by atoms with Gasteiger partial charge in [-0.1, -0.05) is 24.3 Å². The molecule has 0 unspecified atom stereocenters. The first-order valence-corrected chi connectivity index (χ1v) is 6.84. The van der Waals surface area contributed by atoms with Crippen LogP contribution in [0.2, 0.25) is 0 Å². The van der Waals surface area contributed by atoms with Gasteiger partial charge in [0.2, 0.25) is 0 Å². The van der Waals surface area contributed by atoms with Crippen molar-refractivity contribution in [3.8, 4) is 0 Å². The van der Waals surface area contributed by atoms with Crippen molar-refractivity contribution < 1.29 is 4.74 Å². The fourth-order valence-corrected chi connectivity index (χ4v) is 2.43. The summed E-state index contributed by atoms with van der Waals surface area (Å²) in [6.45, 7) is 3.59. The van der Waals surface area contributed by atoms with Gasteiger partial charge in [0, 0.05) is 31.9 Å². The molecule has 1 heterocycles. The van der Waals surface area contributed by atoms with E-state index in [0.29, 0.717) is 5.84 Å². The first-order chi connectivity index (χ1) is 8.84. The maximum Gasteiger partial charge on any atom is 0.128 e. The van der Waals surface area contributed by atoms with E-state index in [1.54, 1.807) is 0 Å². The summed E-state index contributed by atoms with van der Waals surface area (Å²) in [5.74, 6) is 1.52.